The first-order valence-electron chi connectivity index (χ1n) is 6.65. The smallest absolute Gasteiger partial charge is 0.122 e. The maximum atomic E-state index is 6.59. The Labute approximate surface area is 108 Å². The minimum Gasteiger partial charge on any atom is -0.493 e. The number of rotatable bonds is 3. The lowest BCUT2D eigenvalue weighted by Gasteiger charge is -2.22. The van der Waals surface area contributed by atoms with Crippen molar-refractivity contribution in [1.29, 1.82) is 0 Å². The molecule has 0 bridgehead atoms. The summed E-state index contributed by atoms with van der Waals surface area (Å²) in [5.74, 6) is 2.51. The summed E-state index contributed by atoms with van der Waals surface area (Å²) < 4.78 is 5.64. The number of hydrogen-bond acceptors (Lipinski definition) is 1. The molecular formula is C15H19ClO. The van der Waals surface area contributed by atoms with Crippen LogP contribution in [-0.2, 0) is 6.42 Å². The molecule has 0 N–H and O–H groups in total. The van der Waals surface area contributed by atoms with Gasteiger partial charge in [-0.25, -0.2) is 0 Å². The van der Waals surface area contributed by atoms with E-state index in [1.807, 2.05) is 0 Å². The number of alkyl halides is 1. The number of halogens is 1. The zero-order chi connectivity index (χ0) is 11.8. The summed E-state index contributed by atoms with van der Waals surface area (Å²) in [6, 6.07) is 6.49. The number of benzene rings is 1. The lowest BCUT2D eigenvalue weighted by molar-refractivity contribution is 0.288. The molecule has 1 fully saturated rings. The standard InChI is InChI=1S/C15H19ClO/c1-10(11-4-5-11)15(16)13-6-7-14-12(9-13)3-2-8-17-14/h6-7,9-11,15H,2-5,8H2,1H3. The Morgan fingerprint density at radius 2 is 2.18 bits per heavy atom. The van der Waals surface area contributed by atoms with Gasteiger partial charge in [0.2, 0.25) is 0 Å². The molecule has 2 aliphatic rings. The predicted octanol–water partition coefficient (Wildman–Crippen LogP) is 4.34. The van der Waals surface area contributed by atoms with Gasteiger partial charge in [-0.1, -0.05) is 19.1 Å². The van der Waals surface area contributed by atoms with Crippen LogP contribution in [-0.4, -0.2) is 6.61 Å². The van der Waals surface area contributed by atoms with Crippen LogP contribution in [0.5, 0.6) is 5.75 Å². The van der Waals surface area contributed by atoms with Crippen LogP contribution in [0, 0.1) is 11.8 Å². The first kappa shape index (κ1) is 11.4. The molecule has 0 amide bonds. The molecule has 0 radical (unpaired) electrons. The van der Waals surface area contributed by atoms with Crippen molar-refractivity contribution in [3.05, 3.63) is 29.3 Å². The molecule has 92 valence electrons. The number of aryl methyl sites for hydroxylation is 1. The van der Waals surface area contributed by atoms with Crippen LogP contribution >= 0.6 is 11.6 Å². The SMILES string of the molecule is CC(C1CC1)C(Cl)c1ccc2c(c1)CCCO2. The highest BCUT2D eigenvalue weighted by Crippen LogP contribution is 2.45. The summed E-state index contributed by atoms with van der Waals surface area (Å²) in [5.41, 5.74) is 2.61. The molecular weight excluding hydrogens is 232 g/mol. The molecule has 1 aliphatic heterocycles. The molecule has 1 saturated carbocycles. The lowest BCUT2D eigenvalue weighted by atomic mass is 9.93. The molecule has 0 saturated heterocycles. The van der Waals surface area contributed by atoms with Gasteiger partial charge in [0.1, 0.15) is 5.75 Å². The molecule has 1 nitrogen and oxygen atoms in total. The minimum absolute atomic E-state index is 0.162. The summed E-state index contributed by atoms with van der Waals surface area (Å²) in [4.78, 5) is 0. The third-order valence-corrected chi connectivity index (χ3v) is 4.73. The number of hydrogen-bond donors (Lipinski definition) is 0. The van der Waals surface area contributed by atoms with Gasteiger partial charge in [0.15, 0.2) is 0 Å². The van der Waals surface area contributed by atoms with Crippen LogP contribution in [0.1, 0.15) is 42.7 Å². The molecule has 1 aromatic carbocycles. The van der Waals surface area contributed by atoms with Gasteiger partial charge in [-0.05, 0) is 54.7 Å². The average Bonchev–Trinajstić information content (AvgIpc) is 3.21. The Morgan fingerprint density at radius 3 is 2.94 bits per heavy atom. The van der Waals surface area contributed by atoms with Crippen molar-refractivity contribution in [3.63, 3.8) is 0 Å². The van der Waals surface area contributed by atoms with Crippen LogP contribution in [0.4, 0.5) is 0 Å². The van der Waals surface area contributed by atoms with Gasteiger partial charge in [0.25, 0.3) is 0 Å². The van der Waals surface area contributed by atoms with E-state index in [4.69, 9.17) is 16.3 Å². The summed E-state index contributed by atoms with van der Waals surface area (Å²) in [5, 5.41) is 0.162. The molecule has 3 rings (SSSR count). The number of ether oxygens (including phenoxy) is 1. The van der Waals surface area contributed by atoms with Crippen LogP contribution < -0.4 is 4.74 Å². The largest absolute Gasteiger partial charge is 0.493 e. The van der Waals surface area contributed by atoms with Crippen molar-refractivity contribution in [2.75, 3.05) is 6.61 Å². The fraction of sp³-hybridized carbons (Fsp3) is 0.600. The van der Waals surface area contributed by atoms with Crippen molar-refractivity contribution in [2.24, 2.45) is 11.8 Å². The Hall–Kier alpha value is -0.690. The van der Waals surface area contributed by atoms with Crippen molar-refractivity contribution in [3.8, 4) is 5.75 Å². The highest BCUT2D eigenvalue weighted by Gasteiger charge is 2.33. The lowest BCUT2D eigenvalue weighted by Crippen LogP contribution is -2.11. The normalized spacial score (nSPS) is 22.5. The first-order valence-corrected chi connectivity index (χ1v) is 7.09. The summed E-state index contributed by atoms with van der Waals surface area (Å²) >= 11 is 6.59. The van der Waals surface area contributed by atoms with Crippen molar-refractivity contribution < 1.29 is 4.74 Å². The Morgan fingerprint density at radius 1 is 1.35 bits per heavy atom. The second-order valence-electron chi connectivity index (χ2n) is 5.42. The predicted molar refractivity (Wildman–Crippen MR) is 70.7 cm³/mol. The van der Waals surface area contributed by atoms with E-state index in [9.17, 15) is 0 Å². The molecule has 1 aromatic rings. The number of fused-ring (bicyclic) bond motifs is 1. The maximum absolute atomic E-state index is 6.59. The summed E-state index contributed by atoms with van der Waals surface area (Å²) in [6.45, 7) is 3.14. The van der Waals surface area contributed by atoms with Gasteiger partial charge in [0.05, 0.1) is 12.0 Å². The molecule has 1 heterocycles. The average molecular weight is 251 g/mol. The van der Waals surface area contributed by atoms with E-state index in [0.29, 0.717) is 5.92 Å². The Kier molecular flexibility index (Phi) is 3.04. The van der Waals surface area contributed by atoms with Crippen LogP contribution in [0.3, 0.4) is 0 Å². The van der Waals surface area contributed by atoms with E-state index in [2.05, 4.69) is 25.1 Å². The minimum atomic E-state index is 0.162. The van der Waals surface area contributed by atoms with Crippen molar-refractivity contribution >= 4 is 11.6 Å². The second kappa shape index (κ2) is 4.53. The van der Waals surface area contributed by atoms with E-state index < -0.39 is 0 Å². The Balaban J connectivity index is 1.82. The molecule has 0 aromatic heterocycles. The molecule has 2 heteroatoms. The van der Waals surface area contributed by atoms with Gasteiger partial charge in [-0.2, -0.15) is 0 Å². The van der Waals surface area contributed by atoms with Gasteiger partial charge >= 0.3 is 0 Å². The van der Waals surface area contributed by atoms with Crippen LogP contribution in [0.15, 0.2) is 18.2 Å². The van der Waals surface area contributed by atoms with E-state index in [-0.39, 0.29) is 5.38 Å². The van der Waals surface area contributed by atoms with Gasteiger partial charge < -0.3 is 4.74 Å². The van der Waals surface area contributed by atoms with E-state index in [0.717, 1.165) is 31.1 Å². The van der Waals surface area contributed by atoms with Crippen molar-refractivity contribution in [2.45, 2.75) is 38.0 Å². The second-order valence-corrected chi connectivity index (χ2v) is 5.89. The Bertz CT molecular complexity index is 411. The van der Waals surface area contributed by atoms with Gasteiger partial charge in [-0.15, -0.1) is 11.6 Å². The van der Waals surface area contributed by atoms with Crippen molar-refractivity contribution in [1.82, 2.24) is 0 Å². The van der Waals surface area contributed by atoms with E-state index >= 15 is 0 Å². The highest BCUT2D eigenvalue weighted by atomic mass is 35.5. The summed E-state index contributed by atoms with van der Waals surface area (Å²) in [6.07, 6.45) is 4.98. The van der Waals surface area contributed by atoms with Crippen LogP contribution in [0.2, 0.25) is 0 Å². The zero-order valence-corrected chi connectivity index (χ0v) is 11.0. The van der Waals surface area contributed by atoms with Crippen LogP contribution in [0.25, 0.3) is 0 Å². The fourth-order valence-corrected chi connectivity index (χ4v) is 3.06. The van der Waals surface area contributed by atoms with Gasteiger partial charge in [-0.3, -0.25) is 0 Å². The third kappa shape index (κ3) is 2.30. The molecule has 0 spiro atoms. The molecule has 1 aliphatic carbocycles. The quantitative estimate of drug-likeness (QED) is 0.726. The van der Waals surface area contributed by atoms with Gasteiger partial charge in [0, 0.05) is 0 Å². The van der Waals surface area contributed by atoms with E-state index in [1.165, 1.54) is 24.0 Å². The highest BCUT2D eigenvalue weighted by molar-refractivity contribution is 6.21. The maximum Gasteiger partial charge on any atom is 0.122 e. The van der Waals surface area contributed by atoms with E-state index in [1.54, 1.807) is 0 Å². The molecule has 2 atom stereocenters. The molecule has 17 heavy (non-hydrogen) atoms. The topological polar surface area (TPSA) is 9.23 Å². The monoisotopic (exact) mass is 250 g/mol. The zero-order valence-electron chi connectivity index (χ0n) is 10.3. The first-order chi connectivity index (χ1) is 8.25. The molecule has 2 unspecified atom stereocenters. The summed E-state index contributed by atoms with van der Waals surface area (Å²) in [7, 11) is 0. The fourth-order valence-electron chi connectivity index (χ4n) is 2.72. The third-order valence-electron chi connectivity index (χ3n) is 4.08.